The molecule has 0 aromatic carbocycles. The fraction of sp³-hybridized carbons (Fsp3) is 0.394. The molecule has 2 aromatic heterocycles. The Morgan fingerprint density at radius 2 is 1.11 bits per heavy atom. The normalized spacial score (nSPS) is 18.8. The van der Waals surface area contributed by atoms with Crippen molar-refractivity contribution in [2.75, 3.05) is 0 Å². The Morgan fingerprint density at radius 3 is 1.59 bits per heavy atom. The number of H-pyrrole nitrogens is 2. The minimum atomic E-state index is 1.08. The lowest BCUT2D eigenvalue weighted by molar-refractivity contribution is 1.19. The molecule has 0 atom stereocenters. The summed E-state index contributed by atoms with van der Waals surface area (Å²) in [6.07, 6.45) is 1.97. The van der Waals surface area contributed by atoms with Gasteiger partial charge in [0.2, 0.25) is 0 Å². The molecule has 0 spiro atoms. The molecule has 2 N–H and O–H groups in total. The Bertz CT molecular complexity index is 1660. The van der Waals surface area contributed by atoms with Gasteiger partial charge >= 0.3 is 0 Å². The predicted molar refractivity (Wildman–Crippen MR) is 161 cm³/mol. The molecule has 37 heavy (non-hydrogen) atoms. The second-order valence-electron chi connectivity index (χ2n) is 11.1. The largest absolute Gasteiger partial charge is 0.355 e. The molecule has 2 aliphatic heterocycles. The number of aromatic amines is 2. The van der Waals surface area contributed by atoms with Crippen LogP contribution in [0.1, 0.15) is 96.0 Å². The van der Waals surface area contributed by atoms with Crippen LogP contribution in [-0.4, -0.2) is 21.9 Å². The topological polar surface area (TPSA) is 56.3 Å². The molecule has 4 nitrogen and oxygen atoms in total. The minimum Gasteiger partial charge on any atom is -0.355 e. The monoisotopic (exact) mass is 494 g/mol. The van der Waals surface area contributed by atoms with Crippen LogP contribution in [-0.2, 0) is 0 Å². The smallest absolute Gasteiger partial charge is 0.0719 e. The number of nitrogens with one attached hydrogen (secondary N) is 2. The van der Waals surface area contributed by atoms with Crippen molar-refractivity contribution >= 4 is 28.6 Å². The number of hydrogen-bond acceptors (Lipinski definition) is 2. The number of hydrogen-bond donors (Lipinski definition) is 2. The van der Waals surface area contributed by atoms with E-state index in [9.17, 15) is 0 Å². The molecule has 4 rings (SSSR count). The van der Waals surface area contributed by atoms with E-state index >= 15 is 0 Å². The first-order valence-electron chi connectivity index (χ1n) is 13.2. The van der Waals surface area contributed by atoms with Gasteiger partial charge in [-0.15, -0.1) is 0 Å². The first-order valence-corrected chi connectivity index (χ1v) is 13.2. The fourth-order valence-electron chi connectivity index (χ4n) is 5.64. The van der Waals surface area contributed by atoms with Crippen molar-refractivity contribution in [3.8, 4) is 0 Å². The molecule has 0 radical (unpaired) electrons. The van der Waals surface area contributed by atoms with Crippen LogP contribution < -0.4 is 10.7 Å². The van der Waals surface area contributed by atoms with Gasteiger partial charge in [0.25, 0.3) is 0 Å². The Morgan fingerprint density at radius 1 is 0.568 bits per heavy atom. The van der Waals surface area contributed by atoms with E-state index in [4.69, 9.17) is 9.98 Å². The van der Waals surface area contributed by atoms with E-state index in [1.165, 1.54) is 88.9 Å². The van der Waals surface area contributed by atoms with Crippen molar-refractivity contribution in [2.24, 2.45) is 9.98 Å². The van der Waals surface area contributed by atoms with Gasteiger partial charge in [0.15, 0.2) is 0 Å². The van der Waals surface area contributed by atoms with Crippen LogP contribution in [0.3, 0.4) is 0 Å². The van der Waals surface area contributed by atoms with Crippen LogP contribution in [0.2, 0.25) is 0 Å². The molecule has 0 fully saturated rings. The van der Waals surface area contributed by atoms with E-state index in [2.05, 4.69) is 100.0 Å². The van der Waals surface area contributed by atoms with Crippen molar-refractivity contribution < 1.29 is 0 Å². The standard InChI is InChI=1S/C33H42N4/c1-15(2)27-18(5)19(6)30(35-27)25(12)31-22(9)23(10)33(37-31)26(13)32-21(8)20(7)29(36-32)24(11)28-17(4)16(3)14-34-28/h14,36-37H,1-13H3/b28-24-,31-25?,33-26-. The number of aliphatic imine (C=N–C) groups is 2. The maximum Gasteiger partial charge on any atom is 0.0719 e. The second-order valence-corrected chi connectivity index (χ2v) is 11.1. The molecule has 0 amide bonds. The lowest BCUT2D eigenvalue weighted by atomic mass is 10.0. The van der Waals surface area contributed by atoms with Gasteiger partial charge in [0.05, 0.1) is 17.1 Å². The van der Waals surface area contributed by atoms with E-state index < -0.39 is 0 Å². The maximum atomic E-state index is 5.04. The van der Waals surface area contributed by atoms with Crippen molar-refractivity contribution in [3.05, 3.63) is 83.6 Å². The fourth-order valence-corrected chi connectivity index (χ4v) is 5.64. The molecule has 4 heteroatoms. The van der Waals surface area contributed by atoms with E-state index in [0.29, 0.717) is 0 Å². The third-order valence-electron chi connectivity index (χ3n) is 8.64. The third-order valence-corrected chi connectivity index (χ3v) is 8.64. The van der Waals surface area contributed by atoms with E-state index in [-0.39, 0.29) is 0 Å². The van der Waals surface area contributed by atoms with Crippen molar-refractivity contribution in [2.45, 2.75) is 90.0 Å². The highest BCUT2D eigenvalue weighted by molar-refractivity contribution is 6.28. The van der Waals surface area contributed by atoms with Gasteiger partial charge in [-0.1, -0.05) is 5.57 Å². The highest BCUT2D eigenvalue weighted by Gasteiger charge is 2.22. The summed E-state index contributed by atoms with van der Waals surface area (Å²) in [7, 11) is 0. The number of nitrogens with zero attached hydrogens (tertiary/aromatic N) is 2. The lowest BCUT2D eigenvalue weighted by Crippen LogP contribution is -2.19. The summed E-state index contributed by atoms with van der Waals surface area (Å²) >= 11 is 0. The zero-order chi connectivity index (χ0) is 27.5. The summed E-state index contributed by atoms with van der Waals surface area (Å²) in [5.41, 5.74) is 20.7. The van der Waals surface area contributed by atoms with Gasteiger partial charge in [0.1, 0.15) is 0 Å². The molecule has 2 aromatic rings. The van der Waals surface area contributed by atoms with E-state index in [1.54, 1.807) is 0 Å². The predicted octanol–water partition coefficient (Wildman–Crippen LogP) is 7.20. The molecule has 2 aliphatic rings. The zero-order valence-corrected chi connectivity index (χ0v) is 25.0. The molecule has 4 heterocycles. The zero-order valence-electron chi connectivity index (χ0n) is 25.0. The van der Waals surface area contributed by atoms with Gasteiger partial charge in [-0.05, 0) is 151 Å². The van der Waals surface area contributed by atoms with Crippen LogP contribution in [0.15, 0.2) is 49.2 Å². The average molecular weight is 495 g/mol. The molecule has 0 saturated carbocycles. The summed E-state index contributed by atoms with van der Waals surface area (Å²) in [4.78, 5) is 17.3. The Hall–Kier alpha value is -3.40. The average Bonchev–Trinajstić information content (AvgIpc) is 3.54. The molecular weight excluding hydrogens is 452 g/mol. The summed E-state index contributed by atoms with van der Waals surface area (Å²) < 4.78 is 0. The number of rotatable bonds is 3. The van der Waals surface area contributed by atoms with E-state index in [0.717, 1.165) is 17.1 Å². The minimum absolute atomic E-state index is 1.08. The van der Waals surface area contributed by atoms with Crippen LogP contribution in [0.4, 0.5) is 0 Å². The first-order chi connectivity index (χ1) is 17.3. The summed E-state index contributed by atoms with van der Waals surface area (Å²) in [6, 6.07) is 0. The van der Waals surface area contributed by atoms with E-state index in [1.807, 2.05) is 6.21 Å². The molecule has 0 aliphatic carbocycles. The summed E-state index contributed by atoms with van der Waals surface area (Å²) in [5.74, 6) is 0. The molecular formula is C33H42N4. The molecule has 0 unspecified atom stereocenters. The van der Waals surface area contributed by atoms with Crippen LogP contribution in [0.25, 0.3) is 16.7 Å². The summed E-state index contributed by atoms with van der Waals surface area (Å²) in [5, 5.41) is 2.35. The van der Waals surface area contributed by atoms with Crippen LogP contribution in [0.5, 0.6) is 0 Å². The Balaban J connectivity index is 1.93. The van der Waals surface area contributed by atoms with Crippen LogP contribution >= 0.6 is 0 Å². The SMILES string of the molecule is CC(C)=C1N=C(C(C)=c2[nH]/c(=C(/C)c3[nH]c(/C(C)=C4\N=CC(C)=C4C)c(C)c3C)c(C)c2C)C(C)=C1C. The van der Waals surface area contributed by atoms with Crippen LogP contribution in [0, 0.1) is 27.7 Å². The highest BCUT2D eigenvalue weighted by atomic mass is 14.8. The van der Waals surface area contributed by atoms with Gasteiger partial charge in [-0.25, -0.2) is 4.99 Å². The van der Waals surface area contributed by atoms with Gasteiger partial charge < -0.3 is 9.97 Å². The van der Waals surface area contributed by atoms with Crippen molar-refractivity contribution in [3.63, 3.8) is 0 Å². The van der Waals surface area contributed by atoms with Gasteiger partial charge in [-0.3, -0.25) is 4.99 Å². The third kappa shape index (κ3) is 4.17. The Kier molecular flexibility index (Phi) is 6.83. The molecule has 194 valence electrons. The first kappa shape index (κ1) is 26.7. The summed E-state index contributed by atoms with van der Waals surface area (Å²) in [6.45, 7) is 28.4. The number of allylic oxidation sites excluding steroid dienone is 6. The lowest BCUT2D eigenvalue weighted by Gasteiger charge is -2.06. The quantitative estimate of drug-likeness (QED) is 0.453. The highest BCUT2D eigenvalue weighted by Crippen LogP contribution is 2.33. The van der Waals surface area contributed by atoms with Crippen molar-refractivity contribution in [1.29, 1.82) is 0 Å². The van der Waals surface area contributed by atoms with Gasteiger partial charge in [-0.2, -0.15) is 0 Å². The van der Waals surface area contributed by atoms with Crippen molar-refractivity contribution in [1.82, 2.24) is 9.97 Å². The van der Waals surface area contributed by atoms with Gasteiger partial charge in [0, 0.05) is 28.3 Å². The molecule has 0 bridgehead atoms. The Labute approximate surface area is 222 Å². The number of aromatic nitrogens is 2. The maximum absolute atomic E-state index is 5.04. The second kappa shape index (κ2) is 9.48. The molecule has 0 saturated heterocycles.